The highest BCUT2D eigenvalue weighted by atomic mass is 79.9. The van der Waals surface area contributed by atoms with Crippen LogP contribution in [0.25, 0.3) is 0 Å². The van der Waals surface area contributed by atoms with Gasteiger partial charge in [0.25, 0.3) is 0 Å². The molecule has 3 heteroatoms. The summed E-state index contributed by atoms with van der Waals surface area (Å²) in [6, 6.07) is 0. The summed E-state index contributed by atoms with van der Waals surface area (Å²) in [7, 11) is 0. The molecule has 2 atom stereocenters. The van der Waals surface area contributed by atoms with Gasteiger partial charge in [-0.15, -0.1) is 0 Å². The van der Waals surface area contributed by atoms with E-state index < -0.39 is 0 Å². The number of carbonyl (C=O) groups is 1. The maximum absolute atomic E-state index is 11.6. The van der Waals surface area contributed by atoms with Gasteiger partial charge in [0.05, 0.1) is 0 Å². The molecule has 0 spiro atoms. The second-order valence-corrected chi connectivity index (χ2v) is 5.25. The van der Waals surface area contributed by atoms with Crippen molar-refractivity contribution in [2.45, 2.75) is 33.1 Å². The molecule has 1 amide bonds. The van der Waals surface area contributed by atoms with Crippen molar-refractivity contribution >= 4 is 21.8 Å². The molecule has 0 saturated heterocycles. The van der Waals surface area contributed by atoms with Gasteiger partial charge in [0.2, 0.25) is 5.91 Å². The first kappa shape index (κ1) is 12.0. The highest BCUT2D eigenvalue weighted by molar-refractivity contribution is 9.09. The van der Waals surface area contributed by atoms with Crippen molar-refractivity contribution in [3.05, 3.63) is 0 Å². The largest absolute Gasteiger partial charge is 0.356 e. The lowest BCUT2D eigenvalue weighted by atomic mass is 10.0. The minimum atomic E-state index is 0.228. The predicted molar refractivity (Wildman–Crippen MR) is 62.5 cm³/mol. The highest BCUT2D eigenvalue weighted by Crippen LogP contribution is 2.36. The van der Waals surface area contributed by atoms with Gasteiger partial charge < -0.3 is 5.32 Å². The van der Waals surface area contributed by atoms with E-state index >= 15 is 0 Å². The molecule has 0 aromatic carbocycles. The molecule has 1 rings (SSSR count). The fourth-order valence-corrected chi connectivity index (χ4v) is 2.32. The SMILES string of the molecule is CC(CCBr)CNC(=O)C(C)C1CC1. The Kier molecular flexibility index (Phi) is 4.93. The van der Waals surface area contributed by atoms with Gasteiger partial charge in [0, 0.05) is 17.8 Å². The molecule has 0 radical (unpaired) electrons. The van der Waals surface area contributed by atoms with Gasteiger partial charge in [-0.05, 0) is 31.1 Å². The number of amides is 1. The summed E-state index contributed by atoms with van der Waals surface area (Å²) in [4.78, 5) is 11.6. The maximum atomic E-state index is 11.6. The average Bonchev–Trinajstić information content (AvgIpc) is 2.96. The third kappa shape index (κ3) is 3.99. The molecule has 2 unspecified atom stereocenters. The van der Waals surface area contributed by atoms with E-state index in [9.17, 15) is 4.79 Å². The van der Waals surface area contributed by atoms with E-state index in [1.807, 2.05) is 6.92 Å². The van der Waals surface area contributed by atoms with E-state index in [0.29, 0.717) is 11.8 Å². The number of hydrogen-bond donors (Lipinski definition) is 1. The Labute approximate surface area is 95.0 Å². The number of alkyl halides is 1. The minimum Gasteiger partial charge on any atom is -0.356 e. The average molecular weight is 262 g/mol. The molecule has 0 bridgehead atoms. The van der Waals surface area contributed by atoms with Crippen molar-refractivity contribution in [3.8, 4) is 0 Å². The van der Waals surface area contributed by atoms with Crippen LogP contribution in [0, 0.1) is 17.8 Å². The second-order valence-electron chi connectivity index (χ2n) is 4.45. The van der Waals surface area contributed by atoms with Crippen molar-refractivity contribution in [1.29, 1.82) is 0 Å². The lowest BCUT2D eigenvalue weighted by molar-refractivity contribution is -0.125. The second kappa shape index (κ2) is 5.74. The fourth-order valence-electron chi connectivity index (χ4n) is 1.53. The topological polar surface area (TPSA) is 29.1 Å². The van der Waals surface area contributed by atoms with Crippen LogP contribution in [0.2, 0.25) is 0 Å². The molecular weight excluding hydrogens is 242 g/mol. The molecule has 82 valence electrons. The molecular formula is C11H20BrNO. The summed E-state index contributed by atoms with van der Waals surface area (Å²) in [5.74, 6) is 1.71. The Hall–Kier alpha value is -0.0500. The van der Waals surface area contributed by atoms with Crippen LogP contribution in [-0.2, 0) is 4.79 Å². The smallest absolute Gasteiger partial charge is 0.223 e. The standard InChI is InChI=1S/C11H20BrNO/c1-8(5-6-12)7-13-11(14)9(2)10-3-4-10/h8-10H,3-7H2,1-2H3,(H,13,14). The van der Waals surface area contributed by atoms with Crippen molar-refractivity contribution < 1.29 is 4.79 Å². The van der Waals surface area contributed by atoms with Crippen LogP contribution >= 0.6 is 15.9 Å². The molecule has 0 aromatic heterocycles. The molecule has 1 saturated carbocycles. The summed E-state index contributed by atoms with van der Waals surface area (Å²) in [6.45, 7) is 5.03. The van der Waals surface area contributed by atoms with Gasteiger partial charge >= 0.3 is 0 Å². The molecule has 1 fully saturated rings. The third-order valence-electron chi connectivity index (χ3n) is 2.97. The van der Waals surface area contributed by atoms with Gasteiger partial charge in [0.15, 0.2) is 0 Å². The van der Waals surface area contributed by atoms with E-state index in [2.05, 4.69) is 28.2 Å². The van der Waals surface area contributed by atoms with Crippen molar-refractivity contribution in [2.24, 2.45) is 17.8 Å². The summed E-state index contributed by atoms with van der Waals surface area (Å²) >= 11 is 3.41. The molecule has 0 aromatic rings. The van der Waals surface area contributed by atoms with Crippen LogP contribution in [0.1, 0.15) is 33.1 Å². The van der Waals surface area contributed by atoms with Gasteiger partial charge in [-0.1, -0.05) is 29.8 Å². The summed E-state index contributed by atoms with van der Waals surface area (Å²) in [6.07, 6.45) is 3.61. The Balaban J connectivity index is 2.13. The van der Waals surface area contributed by atoms with Gasteiger partial charge in [-0.25, -0.2) is 0 Å². The summed E-state index contributed by atoms with van der Waals surface area (Å²) in [5.41, 5.74) is 0. The Morgan fingerprint density at radius 2 is 2.14 bits per heavy atom. The van der Waals surface area contributed by atoms with Gasteiger partial charge in [0.1, 0.15) is 0 Å². The number of hydrogen-bond acceptors (Lipinski definition) is 1. The van der Waals surface area contributed by atoms with Crippen molar-refractivity contribution in [2.75, 3.05) is 11.9 Å². The molecule has 1 aliphatic carbocycles. The summed E-state index contributed by atoms with van der Waals surface area (Å²) < 4.78 is 0. The van der Waals surface area contributed by atoms with Crippen molar-refractivity contribution in [1.82, 2.24) is 5.32 Å². The maximum Gasteiger partial charge on any atom is 0.223 e. The molecule has 2 nitrogen and oxygen atoms in total. The van der Waals surface area contributed by atoms with E-state index in [0.717, 1.165) is 18.3 Å². The van der Waals surface area contributed by atoms with Crippen LogP contribution < -0.4 is 5.32 Å². The van der Waals surface area contributed by atoms with Crippen LogP contribution in [-0.4, -0.2) is 17.8 Å². The first-order valence-electron chi connectivity index (χ1n) is 5.48. The van der Waals surface area contributed by atoms with Crippen LogP contribution in [0.4, 0.5) is 0 Å². The fraction of sp³-hybridized carbons (Fsp3) is 0.909. The highest BCUT2D eigenvalue weighted by Gasteiger charge is 2.32. The van der Waals surface area contributed by atoms with Crippen molar-refractivity contribution in [3.63, 3.8) is 0 Å². The van der Waals surface area contributed by atoms with Crippen LogP contribution in [0.15, 0.2) is 0 Å². The zero-order chi connectivity index (χ0) is 10.6. The molecule has 0 heterocycles. The molecule has 1 aliphatic rings. The van der Waals surface area contributed by atoms with Gasteiger partial charge in [-0.2, -0.15) is 0 Å². The zero-order valence-corrected chi connectivity index (χ0v) is 10.6. The van der Waals surface area contributed by atoms with Crippen LogP contribution in [0.5, 0.6) is 0 Å². The molecule has 1 N–H and O–H groups in total. The molecule has 14 heavy (non-hydrogen) atoms. The number of nitrogens with one attached hydrogen (secondary N) is 1. The quantitative estimate of drug-likeness (QED) is 0.732. The normalized spacial score (nSPS) is 20.2. The van der Waals surface area contributed by atoms with Crippen LogP contribution in [0.3, 0.4) is 0 Å². The first-order chi connectivity index (χ1) is 6.65. The lowest BCUT2D eigenvalue weighted by Crippen LogP contribution is -2.33. The minimum absolute atomic E-state index is 0.228. The van der Waals surface area contributed by atoms with E-state index in [1.165, 1.54) is 12.8 Å². The number of rotatable bonds is 6. The monoisotopic (exact) mass is 261 g/mol. The number of carbonyl (C=O) groups excluding carboxylic acids is 1. The number of halogens is 1. The lowest BCUT2D eigenvalue weighted by Gasteiger charge is -2.14. The Morgan fingerprint density at radius 3 is 2.64 bits per heavy atom. The predicted octanol–water partition coefficient (Wildman–Crippen LogP) is 2.57. The first-order valence-corrected chi connectivity index (χ1v) is 6.61. The Morgan fingerprint density at radius 1 is 1.50 bits per heavy atom. The molecule has 0 aliphatic heterocycles. The van der Waals surface area contributed by atoms with E-state index in [-0.39, 0.29) is 11.8 Å². The zero-order valence-electron chi connectivity index (χ0n) is 9.05. The van der Waals surface area contributed by atoms with Gasteiger partial charge in [-0.3, -0.25) is 4.79 Å². The Bertz CT molecular complexity index is 192. The third-order valence-corrected chi connectivity index (χ3v) is 3.43. The summed E-state index contributed by atoms with van der Waals surface area (Å²) in [5, 5.41) is 4.04. The van der Waals surface area contributed by atoms with E-state index in [1.54, 1.807) is 0 Å². The van der Waals surface area contributed by atoms with E-state index in [4.69, 9.17) is 0 Å².